The zero-order valence-corrected chi connectivity index (χ0v) is 7.41. The van der Waals surface area contributed by atoms with Gasteiger partial charge in [0.25, 0.3) is 0 Å². The summed E-state index contributed by atoms with van der Waals surface area (Å²) in [6, 6.07) is -0.918. The van der Waals surface area contributed by atoms with Crippen molar-refractivity contribution in [2.45, 2.75) is 19.5 Å². The van der Waals surface area contributed by atoms with Crippen molar-refractivity contribution in [3.8, 4) is 0 Å². The third kappa shape index (κ3) is 2.81. The highest BCUT2D eigenvalue weighted by molar-refractivity contribution is 5.82. The van der Waals surface area contributed by atoms with E-state index in [0.717, 1.165) is 0 Å². The fourth-order valence-electron chi connectivity index (χ4n) is 0.749. The van der Waals surface area contributed by atoms with Crippen molar-refractivity contribution >= 4 is 11.9 Å². The largest absolute Gasteiger partial charge is 0.480 e. The number of tetrazole rings is 1. The molecule has 0 aliphatic carbocycles. The van der Waals surface area contributed by atoms with Crippen LogP contribution in [0.25, 0.3) is 0 Å². The van der Waals surface area contributed by atoms with Crippen molar-refractivity contribution in [3.63, 3.8) is 0 Å². The highest BCUT2D eigenvalue weighted by Gasteiger charge is 2.13. The maximum absolute atomic E-state index is 11.1. The zero-order chi connectivity index (χ0) is 10.6. The summed E-state index contributed by atoms with van der Waals surface area (Å²) >= 11 is 0. The number of nitrogens with zero attached hydrogens (tertiary/aromatic N) is 4. The van der Waals surface area contributed by atoms with E-state index in [2.05, 4.69) is 20.8 Å². The topological polar surface area (TPSA) is 110 Å². The minimum atomic E-state index is -1.09. The Bertz CT molecular complexity index is 322. The van der Waals surface area contributed by atoms with E-state index in [1.807, 2.05) is 0 Å². The number of hydrogen-bond acceptors (Lipinski definition) is 5. The van der Waals surface area contributed by atoms with E-state index in [1.165, 1.54) is 17.9 Å². The Labute approximate surface area is 78.9 Å². The molecule has 0 aliphatic heterocycles. The number of nitrogens with one attached hydrogen (secondary N) is 1. The molecule has 14 heavy (non-hydrogen) atoms. The second-order valence-corrected chi connectivity index (χ2v) is 2.63. The average molecular weight is 199 g/mol. The molecule has 1 heterocycles. The third-order valence-electron chi connectivity index (χ3n) is 1.44. The van der Waals surface area contributed by atoms with Crippen molar-refractivity contribution in [2.75, 3.05) is 0 Å². The Kier molecular flexibility index (Phi) is 3.10. The predicted octanol–water partition coefficient (Wildman–Crippen LogP) is -1.74. The molecule has 8 nitrogen and oxygen atoms in total. The summed E-state index contributed by atoms with van der Waals surface area (Å²) in [5, 5.41) is 20.9. The number of carbonyl (C=O) groups is 2. The number of hydrogen-bond donors (Lipinski definition) is 2. The summed E-state index contributed by atoms with van der Waals surface area (Å²) in [7, 11) is 0. The number of amides is 1. The van der Waals surface area contributed by atoms with Crippen molar-refractivity contribution in [1.82, 2.24) is 25.5 Å². The van der Waals surface area contributed by atoms with Gasteiger partial charge in [-0.15, -0.1) is 5.10 Å². The summed E-state index contributed by atoms with van der Waals surface area (Å²) in [5.74, 6) is -1.54. The molecule has 1 rings (SSSR count). The van der Waals surface area contributed by atoms with E-state index in [1.54, 1.807) is 0 Å². The highest BCUT2D eigenvalue weighted by Crippen LogP contribution is 1.84. The molecule has 1 unspecified atom stereocenters. The Morgan fingerprint density at radius 2 is 2.36 bits per heavy atom. The van der Waals surface area contributed by atoms with Gasteiger partial charge >= 0.3 is 5.97 Å². The molecule has 2 N–H and O–H groups in total. The molecule has 0 saturated carbocycles. The molecule has 1 amide bonds. The maximum atomic E-state index is 11.1. The first-order valence-electron chi connectivity index (χ1n) is 3.82. The molecule has 1 aromatic heterocycles. The molecule has 0 saturated heterocycles. The van der Waals surface area contributed by atoms with E-state index in [9.17, 15) is 9.59 Å². The number of aliphatic carboxylic acids is 1. The van der Waals surface area contributed by atoms with E-state index >= 15 is 0 Å². The van der Waals surface area contributed by atoms with Gasteiger partial charge in [0.1, 0.15) is 18.9 Å². The summed E-state index contributed by atoms with van der Waals surface area (Å²) in [5.41, 5.74) is 0. The van der Waals surface area contributed by atoms with Crippen molar-refractivity contribution in [3.05, 3.63) is 6.33 Å². The molecule has 0 aromatic carbocycles. The molecular formula is C6H9N5O3. The Morgan fingerprint density at radius 1 is 1.64 bits per heavy atom. The molecule has 0 spiro atoms. The molecule has 76 valence electrons. The molecule has 0 aliphatic rings. The lowest BCUT2D eigenvalue weighted by Crippen LogP contribution is -2.40. The van der Waals surface area contributed by atoms with Crippen molar-refractivity contribution in [2.24, 2.45) is 0 Å². The normalized spacial score (nSPS) is 12.1. The van der Waals surface area contributed by atoms with Crippen LogP contribution in [0, 0.1) is 0 Å². The van der Waals surface area contributed by atoms with Gasteiger partial charge in [0.05, 0.1) is 0 Å². The molecule has 8 heteroatoms. The zero-order valence-electron chi connectivity index (χ0n) is 7.41. The van der Waals surface area contributed by atoms with Crippen LogP contribution < -0.4 is 5.32 Å². The predicted molar refractivity (Wildman–Crippen MR) is 43.1 cm³/mol. The summed E-state index contributed by atoms with van der Waals surface area (Å²) in [6.45, 7) is 1.28. The van der Waals surface area contributed by atoms with Gasteiger partial charge in [0, 0.05) is 0 Å². The SMILES string of the molecule is CC(NC(=O)Cn1cnnn1)C(=O)O. The smallest absolute Gasteiger partial charge is 0.325 e. The lowest BCUT2D eigenvalue weighted by molar-refractivity contribution is -0.141. The van der Waals surface area contributed by atoms with Crippen molar-refractivity contribution in [1.29, 1.82) is 0 Å². The first kappa shape index (κ1) is 10.1. The standard InChI is InChI=1S/C6H9N5O3/c1-4(6(13)14)8-5(12)2-11-3-7-9-10-11/h3-4H,2H2,1H3,(H,8,12)(H,13,14). The van der Waals surface area contributed by atoms with Crippen LogP contribution in [0.15, 0.2) is 6.33 Å². The van der Waals surface area contributed by atoms with Crippen LogP contribution in [0.4, 0.5) is 0 Å². The lowest BCUT2D eigenvalue weighted by atomic mass is 10.3. The van der Waals surface area contributed by atoms with Crippen LogP contribution in [-0.4, -0.2) is 43.2 Å². The number of carbonyl (C=O) groups excluding carboxylic acids is 1. The monoisotopic (exact) mass is 199 g/mol. The fourth-order valence-corrected chi connectivity index (χ4v) is 0.749. The van der Waals surface area contributed by atoms with Crippen LogP contribution in [0.1, 0.15) is 6.92 Å². The van der Waals surface area contributed by atoms with Crippen molar-refractivity contribution < 1.29 is 14.7 Å². The minimum absolute atomic E-state index is 0.0926. The lowest BCUT2D eigenvalue weighted by Gasteiger charge is -2.08. The highest BCUT2D eigenvalue weighted by atomic mass is 16.4. The van der Waals surface area contributed by atoms with Gasteiger partial charge in [-0.3, -0.25) is 9.59 Å². The molecule has 0 bridgehead atoms. The van der Waals surface area contributed by atoms with Crippen LogP contribution in [0.3, 0.4) is 0 Å². The van der Waals surface area contributed by atoms with Gasteiger partial charge in [-0.2, -0.15) is 0 Å². The first-order valence-corrected chi connectivity index (χ1v) is 3.82. The van der Waals surface area contributed by atoms with Gasteiger partial charge in [0.15, 0.2) is 0 Å². The van der Waals surface area contributed by atoms with Crippen LogP contribution in [0.5, 0.6) is 0 Å². The molecule has 0 fully saturated rings. The minimum Gasteiger partial charge on any atom is -0.480 e. The number of aromatic nitrogens is 4. The van der Waals surface area contributed by atoms with Gasteiger partial charge in [-0.05, 0) is 17.4 Å². The summed E-state index contributed by atoms with van der Waals surface area (Å²) in [6.07, 6.45) is 1.27. The molecular weight excluding hydrogens is 190 g/mol. The molecule has 1 aromatic rings. The van der Waals surface area contributed by atoms with E-state index in [4.69, 9.17) is 5.11 Å². The molecule has 0 radical (unpaired) electrons. The van der Waals surface area contributed by atoms with E-state index < -0.39 is 17.9 Å². The first-order chi connectivity index (χ1) is 6.59. The quantitative estimate of drug-likeness (QED) is 0.595. The average Bonchev–Trinajstić information content (AvgIpc) is 2.56. The molecule has 1 atom stereocenters. The van der Waals surface area contributed by atoms with Gasteiger partial charge < -0.3 is 10.4 Å². The number of carboxylic acids is 1. The van der Waals surface area contributed by atoms with Gasteiger partial charge in [-0.1, -0.05) is 0 Å². The van der Waals surface area contributed by atoms with Crippen LogP contribution >= 0.6 is 0 Å². The Balaban J connectivity index is 2.40. The summed E-state index contributed by atoms with van der Waals surface area (Å²) in [4.78, 5) is 21.5. The number of carboxylic acid groups (broad SMARTS) is 1. The van der Waals surface area contributed by atoms with Crippen LogP contribution in [-0.2, 0) is 16.1 Å². The second-order valence-electron chi connectivity index (χ2n) is 2.63. The van der Waals surface area contributed by atoms with E-state index in [-0.39, 0.29) is 6.54 Å². The Morgan fingerprint density at radius 3 is 2.86 bits per heavy atom. The fraction of sp³-hybridized carbons (Fsp3) is 0.500. The second kappa shape index (κ2) is 4.30. The van der Waals surface area contributed by atoms with Crippen LogP contribution in [0.2, 0.25) is 0 Å². The number of rotatable bonds is 4. The summed E-state index contributed by atoms with van der Waals surface area (Å²) < 4.78 is 1.20. The third-order valence-corrected chi connectivity index (χ3v) is 1.44. The Hall–Kier alpha value is -1.99. The van der Waals surface area contributed by atoms with Gasteiger partial charge in [-0.25, -0.2) is 4.68 Å². The maximum Gasteiger partial charge on any atom is 0.325 e. The van der Waals surface area contributed by atoms with Gasteiger partial charge in [0.2, 0.25) is 5.91 Å². The van der Waals surface area contributed by atoms with E-state index in [0.29, 0.717) is 0 Å².